The molecule has 8 nitrogen and oxygen atoms in total. The molecule has 0 aliphatic heterocycles. The summed E-state index contributed by atoms with van der Waals surface area (Å²) < 4.78 is 28.7. The first-order valence-corrected chi connectivity index (χ1v) is 8.74. The van der Waals surface area contributed by atoms with Crippen LogP contribution < -0.4 is 15.8 Å². The van der Waals surface area contributed by atoms with E-state index < -0.39 is 22.0 Å². The smallest absolute Gasteiger partial charge is 0.261 e. The lowest BCUT2D eigenvalue weighted by atomic mass is 10.4. The van der Waals surface area contributed by atoms with Crippen LogP contribution in [0.1, 0.15) is 20.3 Å². The SMILES string of the molecule is CCCNc1nc2sccn2c1S(=O)(=O)NC(C)C(N)=O. The first-order valence-electron chi connectivity index (χ1n) is 6.38. The van der Waals surface area contributed by atoms with Gasteiger partial charge in [0.2, 0.25) is 5.91 Å². The standard InChI is InChI=1S/C11H17N5O3S2/c1-3-4-13-9-10(16-5-6-20-11(16)14-9)21(18,19)15-7(2)8(12)17/h5-7,13,15H,3-4H2,1-2H3,(H2,12,17). The number of nitrogens with one attached hydrogen (secondary N) is 2. The Kier molecular flexibility index (Phi) is 4.49. The average Bonchev–Trinajstić information content (AvgIpc) is 2.94. The molecule has 0 saturated heterocycles. The van der Waals surface area contributed by atoms with Gasteiger partial charge < -0.3 is 11.1 Å². The molecule has 21 heavy (non-hydrogen) atoms. The van der Waals surface area contributed by atoms with Gasteiger partial charge in [-0.05, 0) is 13.3 Å². The highest BCUT2D eigenvalue weighted by Crippen LogP contribution is 2.25. The number of carbonyl (C=O) groups is 1. The number of carbonyl (C=O) groups excluding carboxylic acids is 1. The van der Waals surface area contributed by atoms with Gasteiger partial charge in [-0.3, -0.25) is 9.20 Å². The maximum Gasteiger partial charge on any atom is 0.261 e. The molecule has 2 aromatic heterocycles. The molecule has 1 unspecified atom stereocenters. The summed E-state index contributed by atoms with van der Waals surface area (Å²) >= 11 is 1.33. The van der Waals surface area contributed by atoms with Crippen LogP contribution in [0.15, 0.2) is 16.6 Å². The molecule has 10 heteroatoms. The summed E-state index contributed by atoms with van der Waals surface area (Å²) in [6, 6.07) is -1.00. The van der Waals surface area contributed by atoms with E-state index in [1.807, 2.05) is 6.92 Å². The van der Waals surface area contributed by atoms with E-state index >= 15 is 0 Å². The number of hydrogen-bond acceptors (Lipinski definition) is 6. The number of rotatable bonds is 7. The van der Waals surface area contributed by atoms with Crippen LogP contribution >= 0.6 is 11.3 Å². The first kappa shape index (κ1) is 15.7. The number of aromatic nitrogens is 2. The zero-order chi connectivity index (χ0) is 15.6. The fourth-order valence-electron chi connectivity index (χ4n) is 1.73. The molecule has 4 N–H and O–H groups in total. The van der Waals surface area contributed by atoms with Crippen LogP contribution in [0.2, 0.25) is 0 Å². The zero-order valence-corrected chi connectivity index (χ0v) is 13.3. The fourth-order valence-corrected chi connectivity index (χ4v) is 3.97. The molecular formula is C11H17N5O3S2. The van der Waals surface area contributed by atoms with Crippen molar-refractivity contribution in [3.63, 3.8) is 0 Å². The second-order valence-corrected chi connectivity index (χ2v) is 7.00. The van der Waals surface area contributed by atoms with Gasteiger partial charge in [-0.1, -0.05) is 6.92 Å². The number of sulfonamides is 1. The first-order chi connectivity index (χ1) is 9.86. The van der Waals surface area contributed by atoms with Gasteiger partial charge >= 0.3 is 0 Å². The Hall–Kier alpha value is -1.65. The molecule has 116 valence electrons. The molecule has 2 aromatic rings. The minimum absolute atomic E-state index is 0.0136. The number of anilines is 1. The van der Waals surface area contributed by atoms with E-state index in [2.05, 4.69) is 15.0 Å². The third-order valence-corrected chi connectivity index (χ3v) is 5.09. The summed E-state index contributed by atoms with van der Waals surface area (Å²) in [4.78, 5) is 15.9. The average molecular weight is 331 g/mol. The van der Waals surface area contributed by atoms with E-state index in [-0.39, 0.29) is 10.8 Å². The summed E-state index contributed by atoms with van der Waals surface area (Å²) in [7, 11) is -3.92. The number of amides is 1. The third kappa shape index (κ3) is 3.17. The number of nitrogens with two attached hydrogens (primary N) is 1. The molecule has 0 fully saturated rings. The van der Waals surface area contributed by atoms with E-state index in [0.717, 1.165) is 6.42 Å². The Morgan fingerprint density at radius 1 is 1.57 bits per heavy atom. The molecule has 1 atom stereocenters. The zero-order valence-electron chi connectivity index (χ0n) is 11.7. The van der Waals surface area contributed by atoms with E-state index in [9.17, 15) is 13.2 Å². The van der Waals surface area contributed by atoms with Crippen molar-refractivity contribution in [3.05, 3.63) is 11.6 Å². The van der Waals surface area contributed by atoms with Gasteiger partial charge in [0, 0.05) is 18.1 Å². The lowest BCUT2D eigenvalue weighted by Crippen LogP contribution is -2.42. The Labute approximate surface area is 126 Å². The van der Waals surface area contributed by atoms with Crippen LogP contribution in [0.4, 0.5) is 5.82 Å². The number of imidazole rings is 1. The number of primary amides is 1. The quantitative estimate of drug-likeness (QED) is 0.677. The Bertz CT molecular complexity index is 749. The van der Waals surface area contributed by atoms with Crippen LogP contribution in [-0.4, -0.2) is 36.3 Å². The maximum absolute atomic E-state index is 12.5. The molecule has 0 saturated carbocycles. The Morgan fingerprint density at radius 3 is 2.90 bits per heavy atom. The fraction of sp³-hybridized carbons (Fsp3) is 0.455. The molecular weight excluding hydrogens is 314 g/mol. The second-order valence-electron chi connectivity index (χ2n) is 4.49. The Morgan fingerprint density at radius 2 is 2.29 bits per heavy atom. The predicted molar refractivity (Wildman–Crippen MR) is 80.8 cm³/mol. The van der Waals surface area contributed by atoms with Crippen molar-refractivity contribution in [2.24, 2.45) is 5.73 Å². The highest BCUT2D eigenvalue weighted by molar-refractivity contribution is 7.89. The largest absolute Gasteiger partial charge is 0.368 e. The maximum atomic E-state index is 12.5. The molecule has 1 amide bonds. The van der Waals surface area contributed by atoms with Gasteiger partial charge in [0.05, 0.1) is 6.04 Å². The van der Waals surface area contributed by atoms with Crippen molar-refractivity contribution in [2.75, 3.05) is 11.9 Å². The third-order valence-electron chi connectivity index (χ3n) is 2.77. The van der Waals surface area contributed by atoms with Crippen LogP contribution in [0, 0.1) is 0 Å². The molecule has 0 spiro atoms. The second kappa shape index (κ2) is 6.00. The summed E-state index contributed by atoms with van der Waals surface area (Å²) in [6.07, 6.45) is 2.45. The van der Waals surface area contributed by atoms with Gasteiger partial charge in [-0.2, -0.15) is 4.72 Å². The van der Waals surface area contributed by atoms with Crippen LogP contribution in [-0.2, 0) is 14.8 Å². The van der Waals surface area contributed by atoms with Gasteiger partial charge in [-0.25, -0.2) is 13.4 Å². The van der Waals surface area contributed by atoms with Gasteiger partial charge in [0.15, 0.2) is 15.8 Å². The summed E-state index contributed by atoms with van der Waals surface area (Å²) in [5.41, 5.74) is 5.11. The van der Waals surface area contributed by atoms with Crippen molar-refractivity contribution >= 4 is 38.0 Å². The van der Waals surface area contributed by atoms with Crippen molar-refractivity contribution in [2.45, 2.75) is 31.3 Å². The number of thiazole rings is 1. The predicted octanol–water partition coefficient (Wildman–Crippen LogP) is 0.370. The topological polar surface area (TPSA) is 119 Å². The van der Waals surface area contributed by atoms with Crippen molar-refractivity contribution in [3.8, 4) is 0 Å². The minimum atomic E-state index is -3.92. The molecule has 0 aliphatic rings. The monoisotopic (exact) mass is 331 g/mol. The number of fused-ring (bicyclic) bond motifs is 1. The van der Waals surface area contributed by atoms with Crippen LogP contribution in [0.3, 0.4) is 0 Å². The van der Waals surface area contributed by atoms with Gasteiger partial charge in [-0.15, -0.1) is 11.3 Å². The normalized spacial score (nSPS) is 13.4. The number of hydrogen-bond donors (Lipinski definition) is 3. The molecule has 0 aromatic carbocycles. The molecule has 0 radical (unpaired) electrons. The van der Waals surface area contributed by atoms with E-state index in [4.69, 9.17) is 5.73 Å². The molecule has 2 heterocycles. The Balaban J connectivity index is 2.46. The minimum Gasteiger partial charge on any atom is -0.368 e. The lowest BCUT2D eigenvalue weighted by molar-refractivity contribution is -0.119. The van der Waals surface area contributed by atoms with Crippen molar-refractivity contribution < 1.29 is 13.2 Å². The molecule has 2 rings (SSSR count). The van der Waals surface area contributed by atoms with Crippen LogP contribution in [0.25, 0.3) is 4.96 Å². The van der Waals surface area contributed by atoms with Gasteiger partial charge in [0.1, 0.15) is 0 Å². The van der Waals surface area contributed by atoms with Crippen LogP contribution in [0.5, 0.6) is 0 Å². The summed E-state index contributed by atoms with van der Waals surface area (Å²) in [5.74, 6) is -0.472. The van der Waals surface area contributed by atoms with E-state index in [0.29, 0.717) is 11.5 Å². The lowest BCUT2D eigenvalue weighted by Gasteiger charge is -2.12. The summed E-state index contributed by atoms with van der Waals surface area (Å²) in [5, 5.41) is 4.71. The number of nitrogens with zero attached hydrogens (tertiary/aromatic N) is 2. The van der Waals surface area contributed by atoms with E-state index in [1.54, 1.807) is 11.6 Å². The molecule has 0 aliphatic carbocycles. The van der Waals surface area contributed by atoms with E-state index in [1.165, 1.54) is 22.7 Å². The van der Waals surface area contributed by atoms with Gasteiger partial charge in [0.25, 0.3) is 10.0 Å². The van der Waals surface area contributed by atoms with Crippen molar-refractivity contribution in [1.29, 1.82) is 0 Å². The highest BCUT2D eigenvalue weighted by atomic mass is 32.2. The molecule has 0 bridgehead atoms. The van der Waals surface area contributed by atoms with Crippen molar-refractivity contribution in [1.82, 2.24) is 14.1 Å². The summed E-state index contributed by atoms with van der Waals surface area (Å²) in [6.45, 7) is 3.95. The highest BCUT2D eigenvalue weighted by Gasteiger charge is 2.28.